The van der Waals surface area contributed by atoms with Crippen LogP contribution in [0.3, 0.4) is 0 Å². The summed E-state index contributed by atoms with van der Waals surface area (Å²) < 4.78 is 11.4. The average Bonchev–Trinajstić information content (AvgIpc) is 2.97. The molecule has 0 spiro atoms. The Labute approximate surface area is 102 Å². The van der Waals surface area contributed by atoms with Gasteiger partial charge in [-0.15, -0.1) is 0 Å². The van der Waals surface area contributed by atoms with E-state index in [0.29, 0.717) is 6.04 Å². The number of fused-ring (bicyclic) bond motifs is 1. The summed E-state index contributed by atoms with van der Waals surface area (Å²) in [5.41, 5.74) is 2.79. The highest BCUT2D eigenvalue weighted by Gasteiger charge is 2.25. The van der Waals surface area contributed by atoms with Gasteiger partial charge in [-0.05, 0) is 37.1 Å². The summed E-state index contributed by atoms with van der Waals surface area (Å²) in [6.45, 7) is 1.57. The van der Waals surface area contributed by atoms with Crippen molar-refractivity contribution in [2.75, 3.05) is 20.3 Å². The van der Waals surface area contributed by atoms with Gasteiger partial charge in [-0.1, -0.05) is 12.1 Å². The van der Waals surface area contributed by atoms with E-state index < -0.39 is 0 Å². The smallest absolute Gasteiger partial charge is 0.124 e. The molecule has 1 fully saturated rings. The molecule has 1 aromatic carbocycles. The Morgan fingerprint density at radius 1 is 1.35 bits per heavy atom. The summed E-state index contributed by atoms with van der Waals surface area (Å²) in [6, 6.07) is 6.89. The summed E-state index contributed by atoms with van der Waals surface area (Å²) in [4.78, 5) is 0. The molecule has 0 bridgehead atoms. The SMILES string of the molecule is CNC1CCc2c(OC3CCOC3)cccc21. The molecule has 3 heteroatoms. The Kier molecular flexibility index (Phi) is 3.04. The molecule has 1 aliphatic heterocycles. The minimum atomic E-state index is 0.245. The van der Waals surface area contributed by atoms with Gasteiger partial charge in [0.1, 0.15) is 11.9 Å². The van der Waals surface area contributed by atoms with Crippen LogP contribution in [0.25, 0.3) is 0 Å². The van der Waals surface area contributed by atoms with Crippen LogP contribution >= 0.6 is 0 Å². The van der Waals surface area contributed by atoms with Crippen LogP contribution in [-0.2, 0) is 11.2 Å². The predicted molar refractivity (Wildman–Crippen MR) is 66.4 cm³/mol. The van der Waals surface area contributed by atoms with E-state index in [1.54, 1.807) is 0 Å². The van der Waals surface area contributed by atoms with Gasteiger partial charge in [0.15, 0.2) is 0 Å². The van der Waals surface area contributed by atoms with Crippen LogP contribution in [0, 0.1) is 0 Å². The second-order valence-electron chi connectivity index (χ2n) is 4.81. The molecule has 1 saturated heterocycles. The maximum atomic E-state index is 6.06. The van der Waals surface area contributed by atoms with Crippen molar-refractivity contribution in [3.05, 3.63) is 29.3 Å². The van der Waals surface area contributed by atoms with E-state index in [4.69, 9.17) is 9.47 Å². The molecule has 3 rings (SSSR count). The monoisotopic (exact) mass is 233 g/mol. The predicted octanol–water partition coefficient (Wildman–Crippen LogP) is 2.06. The van der Waals surface area contributed by atoms with Gasteiger partial charge >= 0.3 is 0 Å². The molecule has 0 saturated carbocycles. The zero-order valence-electron chi connectivity index (χ0n) is 10.2. The minimum Gasteiger partial charge on any atom is -0.488 e. The fourth-order valence-electron chi connectivity index (χ4n) is 2.82. The standard InChI is InChI=1S/C14H19NO2/c1-15-13-6-5-12-11(13)3-2-4-14(12)17-10-7-8-16-9-10/h2-4,10,13,15H,5-9H2,1H3. The third-order valence-electron chi connectivity index (χ3n) is 3.76. The molecule has 3 nitrogen and oxygen atoms in total. The lowest BCUT2D eigenvalue weighted by atomic mass is 10.1. The molecule has 2 unspecified atom stereocenters. The van der Waals surface area contributed by atoms with Gasteiger partial charge in [0.05, 0.1) is 13.2 Å². The molecule has 0 amide bonds. The van der Waals surface area contributed by atoms with Gasteiger partial charge in [-0.25, -0.2) is 0 Å². The minimum absolute atomic E-state index is 0.245. The van der Waals surface area contributed by atoms with Crippen LogP contribution in [0.5, 0.6) is 5.75 Å². The molecule has 92 valence electrons. The second kappa shape index (κ2) is 4.67. The zero-order valence-corrected chi connectivity index (χ0v) is 10.2. The molecular weight excluding hydrogens is 214 g/mol. The van der Waals surface area contributed by atoms with Crippen molar-refractivity contribution in [3.8, 4) is 5.75 Å². The Morgan fingerprint density at radius 2 is 2.29 bits per heavy atom. The van der Waals surface area contributed by atoms with E-state index >= 15 is 0 Å². The second-order valence-corrected chi connectivity index (χ2v) is 4.81. The first-order chi connectivity index (χ1) is 8.38. The molecular formula is C14H19NO2. The molecule has 2 atom stereocenters. The molecule has 0 radical (unpaired) electrons. The third-order valence-corrected chi connectivity index (χ3v) is 3.76. The maximum absolute atomic E-state index is 6.06. The fourth-order valence-corrected chi connectivity index (χ4v) is 2.82. The third kappa shape index (κ3) is 2.05. The summed E-state index contributed by atoms with van der Waals surface area (Å²) in [5, 5.41) is 3.36. The summed E-state index contributed by atoms with van der Waals surface area (Å²) in [7, 11) is 2.03. The zero-order chi connectivity index (χ0) is 11.7. The number of benzene rings is 1. The Hall–Kier alpha value is -1.06. The van der Waals surface area contributed by atoms with Crippen molar-refractivity contribution in [3.63, 3.8) is 0 Å². The molecule has 0 aromatic heterocycles. The normalized spacial score (nSPS) is 27.1. The highest BCUT2D eigenvalue weighted by molar-refractivity contribution is 5.45. The van der Waals surface area contributed by atoms with E-state index in [1.165, 1.54) is 17.5 Å². The van der Waals surface area contributed by atoms with Crippen LogP contribution in [0.2, 0.25) is 0 Å². The molecule has 17 heavy (non-hydrogen) atoms. The molecule has 1 N–H and O–H groups in total. The van der Waals surface area contributed by atoms with Gasteiger partial charge in [0.2, 0.25) is 0 Å². The number of ether oxygens (including phenoxy) is 2. The van der Waals surface area contributed by atoms with Crippen LogP contribution < -0.4 is 10.1 Å². The average molecular weight is 233 g/mol. The van der Waals surface area contributed by atoms with Crippen LogP contribution in [0.4, 0.5) is 0 Å². The topological polar surface area (TPSA) is 30.5 Å². The largest absolute Gasteiger partial charge is 0.488 e. The van der Waals surface area contributed by atoms with E-state index in [2.05, 4.69) is 23.5 Å². The van der Waals surface area contributed by atoms with E-state index in [1.807, 2.05) is 7.05 Å². The van der Waals surface area contributed by atoms with Crippen LogP contribution in [0.1, 0.15) is 30.0 Å². The van der Waals surface area contributed by atoms with Gasteiger partial charge in [-0.3, -0.25) is 0 Å². The number of nitrogens with one attached hydrogen (secondary N) is 1. The van der Waals surface area contributed by atoms with Crippen molar-refractivity contribution in [1.82, 2.24) is 5.32 Å². The van der Waals surface area contributed by atoms with Crippen LogP contribution in [0.15, 0.2) is 18.2 Å². The van der Waals surface area contributed by atoms with Gasteiger partial charge in [0.25, 0.3) is 0 Å². The first-order valence-electron chi connectivity index (χ1n) is 6.42. The highest BCUT2D eigenvalue weighted by Crippen LogP contribution is 2.37. The van der Waals surface area contributed by atoms with Crippen molar-refractivity contribution in [2.24, 2.45) is 0 Å². The lowest BCUT2D eigenvalue weighted by Crippen LogP contribution is -2.17. The summed E-state index contributed by atoms with van der Waals surface area (Å²) >= 11 is 0. The van der Waals surface area contributed by atoms with Gasteiger partial charge in [0, 0.05) is 12.5 Å². The first kappa shape index (κ1) is 11.1. The Balaban J connectivity index is 1.83. The molecule has 1 aliphatic carbocycles. The summed E-state index contributed by atoms with van der Waals surface area (Å²) in [6.07, 6.45) is 3.55. The number of rotatable bonds is 3. The first-order valence-corrected chi connectivity index (χ1v) is 6.42. The van der Waals surface area contributed by atoms with Crippen molar-refractivity contribution in [2.45, 2.75) is 31.4 Å². The summed E-state index contributed by atoms with van der Waals surface area (Å²) in [5.74, 6) is 1.07. The fraction of sp³-hybridized carbons (Fsp3) is 0.571. The highest BCUT2D eigenvalue weighted by atomic mass is 16.5. The molecule has 1 heterocycles. The van der Waals surface area contributed by atoms with Crippen molar-refractivity contribution in [1.29, 1.82) is 0 Å². The van der Waals surface area contributed by atoms with Crippen molar-refractivity contribution < 1.29 is 9.47 Å². The number of hydrogen-bond acceptors (Lipinski definition) is 3. The van der Waals surface area contributed by atoms with Crippen LogP contribution in [-0.4, -0.2) is 26.4 Å². The van der Waals surface area contributed by atoms with Crippen molar-refractivity contribution >= 4 is 0 Å². The lowest BCUT2D eigenvalue weighted by Gasteiger charge is -2.16. The molecule has 1 aromatic rings. The van der Waals surface area contributed by atoms with Gasteiger partial charge in [-0.2, -0.15) is 0 Å². The quantitative estimate of drug-likeness (QED) is 0.867. The van der Waals surface area contributed by atoms with E-state index in [9.17, 15) is 0 Å². The van der Waals surface area contributed by atoms with E-state index in [0.717, 1.165) is 31.8 Å². The van der Waals surface area contributed by atoms with Gasteiger partial charge < -0.3 is 14.8 Å². The van der Waals surface area contributed by atoms with E-state index in [-0.39, 0.29) is 6.10 Å². The maximum Gasteiger partial charge on any atom is 0.124 e. The molecule has 2 aliphatic rings. The number of hydrogen-bond donors (Lipinski definition) is 1. The Morgan fingerprint density at radius 3 is 3.06 bits per heavy atom. The lowest BCUT2D eigenvalue weighted by molar-refractivity contribution is 0.140. The Bertz CT molecular complexity index is 399.